The van der Waals surface area contributed by atoms with E-state index in [0.717, 1.165) is 16.5 Å². The van der Waals surface area contributed by atoms with Gasteiger partial charge in [0.2, 0.25) is 23.6 Å². The Kier molecular flexibility index (Phi) is 9.72. The van der Waals surface area contributed by atoms with Gasteiger partial charge in [-0.25, -0.2) is 9.78 Å². The minimum atomic E-state index is -1.59. The number of nitrogens with one attached hydrogen (secondary N) is 5. The van der Waals surface area contributed by atoms with Crippen LogP contribution >= 0.6 is 0 Å². The van der Waals surface area contributed by atoms with Crippen molar-refractivity contribution in [2.75, 3.05) is 6.61 Å². The standard InChI is InChI=1S/C24H30N8O7/c25-15(5-12-8-28-16-4-2-1-3-14(12)16)21(35)30-17(7-20(26)34)22(36)32-19(10-33)23(37)31-18(24(38)39)6-13-9-27-11-29-13/h1-4,8-9,11,15,17-19,28,33H,5-7,10,25H2,(H2,26,34)(H,27,29)(H,30,35)(H,31,37)(H,32,36)(H,38,39). The number of para-hydroxylation sites is 1. The van der Waals surface area contributed by atoms with Crippen LogP contribution in [0.25, 0.3) is 10.9 Å². The van der Waals surface area contributed by atoms with Gasteiger partial charge in [0.05, 0.1) is 25.4 Å². The van der Waals surface area contributed by atoms with E-state index in [-0.39, 0.29) is 12.8 Å². The second kappa shape index (κ2) is 13.2. The Morgan fingerprint density at radius 3 is 2.23 bits per heavy atom. The zero-order chi connectivity index (χ0) is 28.5. The van der Waals surface area contributed by atoms with Crippen molar-refractivity contribution >= 4 is 40.5 Å². The van der Waals surface area contributed by atoms with Crippen molar-refractivity contribution < 1.29 is 34.2 Å². The molecule has 4 atom stereocenters. The molecule has 0 bridgehead atoms. The molecular weight excluding hydrogens is 512 g/mol. The van der Waals surface area contributed by atoms with Crippen molar-refractivity contribution in [3.8, 4) is 0 Å². The van der Waals surface area contributed by atoms with E-state index in [4.69, 9.17) is 11.5 Å². The highest BCUT2D eigenvalue weighted by molar-refractivity contribution is 5.96. The molecule has 2 aromatic heterocycles. The molecule has 0 radical (unpaired) electrons. The molecule has 208 valence electrons. The molecule has 0 aliphatic heterocycles. The summed E-state index contributed by atoms with van der Waals surface area (Å²) >= 11 is 0. The second-order valence-electron chi connectivity index (χ2n) is 8.83. The fourth-order valence-electron chi connectivity index (χ4n) is 3.87. The molecule has 4 amide bonds. The zero-order valence-electron chi connectivity index (χ0n) is 20.7. The number of aliphatic hydroxyl groups excluding tert-OH is 1. The van der Waals surface area contributed by atoms with Crippen molar-refractivity contribution in [3.05, 3.63) is 54.2 Å². The number of primary amides is 1. The highest BCUT2D eigenvalue weighted by Gasteiger charge is 2.31. The smallest absolute Gasteiger partial charge is 0.326 e. The molecular formula is C24H30N8O7. The highest BCUT2D eigenvalue weighted by atomic mass is 16.4. The SMILES string of the molecule is NC(=O)CC(NC(=O)C(N)Cc1c[nH]c2ccccc12)C(=O)NC(CO)C(=O)NC(Cc1cnc[nH]1)C(=O)O. The average molecular weight is 543 g/mol. The van der Waals surface area contributed by atoms with Gasteiger partial charge in [-0.15, -0.1) is 0 Å². The van der Waals surface area contributed by atoms with Gasteiger partial charge in [-0.2, -0.15) is 0 Å². The summed E-state index contributed by atoms with van der Waals surface area (Å²) in [7, 11) is 0. The molecule has 0 aliphatic rings. The number of carboxylic acid groups (broad SMARTS) is 1. The van der Waals surface area contributed by atoms with Crippen LogP contribution in [0.4, 0.5) is 0 Å². The number of benzene rings is 1. The van der Waals surface area contributed by atoms with E-state index in [1.54, 1.807) is 6.20 Å². The van der Waals surface area contributed by atoms with Gasteiger partial charge in [-0.1, -0.05) is 18.2 Å². The van der Waals surface area contributed by atoms with Crippen molar-refractivity contribution in [1.29, 1.82) is 0 Å². The van der Waals surface area contributed by atoms with Crippen molar-refractivity contribution in [2.24, 2.45) is 11.5 Å². The van der Waals surface area contributed by atoms with Gasteiger partial charge < -0.3 is 47.6 Å². The van der Waals surface area contributed by atoms with Crippen LogP contribution in [0, 0.1) is 0 Å². The third-order valence-corrected chi connectivity index (χ3v) is 5.90. The number of aliphatic hydroxyl groups is 1. The fourth-order valence-corrected chi connectivity index (χ4v) is 3.87. The Balaban J connectivity index is 1.63. The number of hydrogen-bond donors (Lipinski definition) is 9. The number of fused-ring (bicyclic) bond motifs is 1. The summed E-state index contributed by atoms with van der Waals surface area (Å²) in [4.78, 5) is 71.0. The lowest BCUT2D eigenvalue weighted by molar-refractivity contribution is -0.142. The first-order valence-corrected chi connectivity index (χ1v) is 11.9. The molecule has 3 rings (SSSR count). The molecule has 39 heavy (non-hydrogen) atoms. The number of nitrogens with zero attached hydrogens (tertiary/aromatic N) is 1. The third kappa shape index (κ3) is 7.86. The number of aliphatic carboxylic acids is 1. The van der Waals surface area contributed by atoms with Crippen LogP contribution in [-0.4, -0.2) is 85.5 Å². The zero-order valence-corrected chi connectivity index (χ0v) is 20.7. The number of H-pyrrole nitrogens is 2. The van der Waals surface area contributed by atoms with Crippen LogP contribution in [0.2, 0.25) is 0 Å². The lowest BCUT2D eigenvalue weighted by Gasteiger charge is -2.23. The molecule has 15 heteroatoms. The quantitative estimate of drug-likeness (QED) is 0.103. The Hall–Kier alpha value is -4.76. The van der Waals surface area contributed by atoms with Gasteiger partial charge in [0.15, 0.2) is 0 Å². The summed E-state index contributed by atoms with van der Waals surface area (Å²) in [5.41, 5.74) is 13.3. The number of hydrogen-bond acceptors (Lipinski definition) is 8. The topological polar surface area (TPSA) is 258 Å². The molecule has 11 N–H and O–H groups in total. The largest absolute Gasteiger partial charge is 0.480 e. The molecule has 1 aromatic carbocycles. The molecule has 15 nitrogen and oxygen atoms in total. The molecule has 2 heterocycles. The number of aromatic amines is 2. The van der Waals surface area contributed by atoms with E-state index in [0.29, 0.717) is 5.69 Å². The average Bonchev–Trinajstić information content (AvgIpc) is 3.56. The van der Waals surface area contributed by atoms with Crippen molar-refractivity contribution in [3.63, 3.8) is 0 Å². The van der Waals surface area contributed by atoms with E-state index in [2.05, 4.69) is 30.9 Å². The number of carbonyl (C=O) groups is 5. The molecule has 3 aromatic rings. The minimum absolute atomic E-state index is 0.120. The summed E-state index contributed by atoms with van der Waals surface area (Å²) in [5, 5.41) is 26.8. The first-order valence-electron chi connectivity index (χ1n) is 11.9. The number of amides is 4. The Morgan fingerprint density at radius 2 is 1.59 bits per heavy atom. The van der Waals surface area contributed by atoms with E-state index in [9.17, 15) is 34.2 Å². The highest BCUT2D eigenvalue weighted by Crippen LogP contribution is 2.18. The maximum atomic E-state index is 12.9. The van der Waals surface area contributed by atoms with E-state index in [1.165, 1.54) is 12.5 Å². The summed E-state index contributed by atoms with van der Waals surface area (Å²) < 4.78 is 0. The first kappa shape index (κ1) is 28.8. The van der Waals surface area contributed by atoms with Gasteiger partial charge >= 0.3 is 5.97 Å². The summed E-state index contributed by atoms with van der Waals surface area (Å²) in [5.74, 6) is -5.04. The summed E-state index contributed by atoms with van der Waals surface area (Å²) in [6.45, 7) is -0.898. The van der Waals surface area contributed by atoms with E-state index in [1.807, 2.05) is 24.3 Å². The fraction of sp³-hybridized carbons (Fsp3) is 0.333. The Morgan fingerprint density at radius 1 is 0.923 bits per heavy atom. The number of nitrogens with two attached hydrogens (primary N) is 2. The van der Waals surface area contributed by atoms with Gasteiger partial charge in [-0.3, -0.25) is 19.2 Å². The normalized spacial score (nSPS) is 14.1. The maximum absolute atomic E-state index is 12.9. The van der Waals surface area contributed by atoms with Crippen LogP contribution in [0.5, 0.6) is 0 Å². The molecule has 0 spiro atoms. The Bertz CT molecular complexity index is 1320. The van der Waals surface area contributed by atoms with Crippen LogP contribution in [0.15, 0.2) is 43.0 Å². The molecule has 0 saturated heterocycles. The van der Waals surface area contributed by atoms with Gasteiger partial charge in [0.1, 0.15) is 18.1 Å². The van der Waals surface area contributed by atoms with Crippen LogP contribution in [0.3, 0.4) is 0 Å². The molecule has 0 aliphatic carbocycles. The lowest BCUT2D eigenvalue weighted by atomic mass is 10.0. The monoisotopic (exact) mass is 542 g/mol. The van der Waals surface area contributed by atoms with E-state index >= 15 is 0 Å². The van der Waals surface area contributed by atoms with Crippen molar-refractivity contribution in [2.45, 2.75) is 43.4 Å². The summed E-state index contributed by atoms with van der Waals surface area (Å²) in [6, 6.07) is 1.82. The first-order chi connectivity index (χ1) is 18.6. The number of aromatic nitrogens is 3. The molecule has 4 unspecified atom stereocenters. The number of imidazole rings is 1. The van der Waals surface area contributed by atoms with Gasteiger partial charge in [-0.05, 0) is 18.1 Å². The lowest BCUT2D eigenvalue weighted by Crippen LogP contribution is -2.59. The number of rotatable bonds is 14. The minimum Gasteiger partial charge on any atom is -0.480 e. The van der Waals surface area contributed by atoms with Crippen LogP contribution in [0.1, 0.15) is 17.7 Å². The summed E-state index contributed by atoms with van der Waals surface area (Å²) in [6.07, 6.45) is 3.80. The maximum Gasteiger partial charge on any atom is 0.326 e. The van der Waals surface area contributed by atoms with Gasteiger partial charge in [0.25, 0.3) is 0 Å². The van der Waals surface area contributed by atoms with E-state index < -0.39 is 66.8 Å². The molecule has 0 saturated carbocycles. The predicted octanol–water partition coefficient (Wildman–Crippen LogP) is -2.59. The third-order valence-electron chi connectivity index (χ3n) is 5.90. The predicted molar refractivity (Wildman–Crippen MR) is 137 cm³/mol. The van der Waals surface area contributed by atoms with Crippen LogP contribution in [-0.2, 0) is 36.8 Å². The van der Waals surface area contributed by atoms with Crippen LogP contribution < -0.4 is 27.4 Å². The number of carbonyl (C=O) groups excluding carboxylic acids is 4. The van der Waals surface area contributed by atoms with Gasteiger partial charge in [0, 0.05) is 35.4 Å². The second-order valence-corrected chi connectivity index (χ2v) is 8.83. The Labute approximate surface area is 221 Å². The molecule has 0 fully saturated rings. The number of carboxylic acids is 1. The van der Waals surface area contributed by atoms with Crippen molar-refractivity contribution in [1.82, 2.24) is 30.9 Å².